The van der Waals surface area contributed by atoms with Gasteiger partial charge in [-0.3, -0.25) is 9.59 Å². The Kier molecular flexibility index (Phi) is 9.47. The molecule has 0 bridgehead atoms. The van der Waals surface area contributed by atoms with Gasteiger partial charge in [0.05, 0.1) is 32.5 Å². The number of nitrogens with zero attached hydrogens (tertiary/aromatic N) is 2. The Bertz CT molecular complexity index is 1150. The van der Waals surface area contributed by atoms with Gasteiger partial charge in [-0.1, -0.05) is 24.6 Å². The molecule has 3 aliphatic heterocycles. The molecule has 0 atom stereocenters. The number of para-hydroxylation sites is 1. The third-order valence-electron chi connectivity index (χ3n) is 8.74. The summed E-state index contributed by atoms with van der Waals surface area (Å²) in [6, 6.07) is 14.2. The zero-order valence-electron chi connectivity index (χ0n) is 23.8. The molecular weight excluding hydrogens is 506 g/mol. The number of benzene rings is 2. The number of fused-ring (bicyclic) bond motifs is 1. The molecule has 0 aliphatic carbocycles. The van der Waals surface area contributed by atoms with E-state index in [0.29, 0.717) is 63.6 Å². The highest BCUT2D eigenvalue weighted by Crippen LogP contribution is 2.38. The first-order chi connectivity index (χ1) is 19.6. The van der Waals surface area contributed by atoms with E-state index in [0.717, 1.165) is 63.1 Å². The van der Waals surface area contributed by atoms with Crippen LogP contribution < -0.4 is 19.7 Å². The lowest BCUT2D eigenvalue weighted by Crippen LogP contribution is -2.48. The topological polar surface area (TPSA) is 80.3 Å². The number of aryl methyl sites for hydroxylation is 1. The number of carbonyl (C=O) groups excluding carboxylic acids is 2. The second-order valence-corrected chi connectivity index (χ2v) is 11.3. The van der Waals surface area contributed by atoms with Crippen molar-refractivity contribution in [3.8, 4) is 11.5 Å². The summed E-state index contributed by atoms with van der Waals surface area (Å²) in [6.07, 6.45) is 7.09. The molecule has 0 radical (unpaired) electrons. The molecule has 0 saturated carbocycles. The van der Waals surface area contributed by atoms with Crippen LogP contribution in [0.2, 0.25) is 0 Å². The van der Waals surface area contributed by atoms with Crippen LogP contribution in [0, 0.1) is 5.41 Å². The Morgan fingerprint density at radius 3 is 2.52 bits per heavy atom. The number of anilines is 1. The van der Waals surface area contributed by atoms with Gasteiger partial charge < -0.3 is 29.3 Å². The van der Waals surface area contributed by atoms with Crippen molar-refractivity contribution in [1.82, 2.24) is 10.2 Å². The van der Waals surface area contributed by atoms with Gasteiger partial charge in [-0.2, -0.15) is 0 Å². The molecule has 1 N–H and O–H groups in total. The van der Waals surface area contributed by atoms with Crippen LogP contribution in [0.25, 0.3) is 0 Å². The third-order valence-corrected chi connectivity index (χ3v) is 8.74. The molecule has 2 fully saturated rings. The van der Waals surface area contributed by atoms with Crippen LogP contribution in [0.3, 0.4) is 0 Å². The van der Waals surface area contributed by atoms with Crippen molar-refractivity contribution in [1.29, 1.82) is 0 Å². The maximum absolute atomic E-state index is 13.8. The van der Waals surface area contributed by atoms with Crippen molar-refractivity contribution in [2.24, 2.45) is 5.41 Å². The molecule has 0 unspecified atom stereocenters. The Morgan fingerprint density at radius 2 is 1.73 bits per heavy atom. The predicted octanol–water partition coefficient (Wildman–Crippen LogP) is 4.46. The minimum Gasteiger partial charge on any atom is -0.496 e. The summed E-state index contributed by atoms with van der Waals surface area (Å²) in [5, 5.41) is 3.22. The zero-order valence-corrected chi connectivity index (χ0v) is 23.8. The van der Waals surface area contributed by atoms with E-state index in [9.17, 15) is 9.59 Å². The second kappa shape index (κ2) is 13.4. The number of carbonyl (C=O) groups is 2. The van der Waals surface area contributed by atoms with Gasteiger partial charge in [-0.05, 0) is 73.8 Å². The summed E-state index contributed by atoms with van der Waals surface area (Å²) in [5.41, 5.74) is 2.89. The lowest BCUT2D eigenvalue weighted by Gasteiger charge is -2.42. The van der Waals surface area contributed by atoms with Crippen LogP contribution >= 0.6 is 0 Å². The SMILES string of the molecule is COc1ccc(N2CCOCC2)cc1C(=O)N1CCC2(CCCCc3ccccc3OCCCC(=O)NC2)CC1. The first-order valence-electron chi connectivity index (χ1n) is 14.8. The molecule has 216 valence electrons. The molecule has 2 amide bonds. The summed E-state index contributed by atoms with van der Waals surface area (Å²) < 4.78 is 17.1. The maximum atomic E-state index is 13.8. The molecule has 5 rings (SSSR count). The number of amides is 2. The summed E-state index contributed by atoms with van der Waals surface area (Å²) in [4.78, 5) is 30.6. The first-order valence-corrected chi connectivity index (χ1v) is 14.8. The third kappa shape index (κ3) is 6.89. The number of ether oxygens (including phenoxy) is 3. The summed E-state index contributed by atoms with van der Waals surface area (Å²) >= 11 is 0. The van der Waals surface area contributed by atoms with Crippen molar-refractivity contribution in [2.45, 2.75) is 51.4 Å². The van der Waals surface area contributed by atoms with E-state index in [1.807, 2.05) is 35.2 Å². The van der Waals surface area contributed by atoms with E-state index in [1.54, 1.807) is 7.11 Å². The fourth-order valence-electron chi connectivity index (χ4n) is 6.21. The second-order valence-electron chi connectivity index (χ2n) is 11.3. The fourth-order valence-corrected chi connectivity index (χ4v) is 6.21. The van der Waals surface area contributed by atoms with Gasteiger partial charge >= 0.3 is 0 Å². The minimum absolute atomic E-state index is 0.00626. The molecule has 3 heterocycles. The standard InChI is InChI=1S/C32H43N3O5/c1-38-29-12-11-26(34-18-21-39-22-19-34)23-27(29)31(37)35-16-14-32(15-17-35)13-5-4-8-25-7-2-3-9-28(25)40-20-6-10-30(36)33-24-32/h2-3,7,9,11-12,23H,4-6,8,10,13-22,24H2,1H3,(H,33,36). The van der Waals surface area contributed by atoms with E-state index in [1.165, 1.54) is 5.56 Å². The van der Waals surface area contributed by atoms with Crippen LogP contribution in [-0.2, 0) is 16.0 Å². The van der Waals surface area contributed by atoms with Gasteiger partial charge in [0.15, 0.2) is 0 Å². The van der Waals surface area contributed by atoms with Gasteiger partial charge in [0, 0.05) is 44.8 Å². The number of nitrogens with one attached hydrogen (secondary N) is 1. The van der Waals surface area contributed by atoms with Crippen molar-refractivity contribution >= 4 is 17.5 Å². The van der Waals surface area contributed by atoms with Crippen molar-refractivity contribution in [3.63, 3.8) is 0 Å². The molecule has 8 nitrogen and oxygen atoms in total. The number of hydrogen-bond acceptors (Lipinski definition) is 6. The van der Waals surface area contributed by atoms with Crippen molar-refractivity contribution in [3.05, 3.63) is 53.6 Å². The largest absolute Gasteiger partial charge is 0.496 e. The Morgan fingerprint density at radius 1 is 0.925 bits per heavy atom. The monoisotopic (exact) mass is 549 g/mol. The van der Waals surface area contributed by atoms with Gasteiger partial charge in [-0.25, -0.2) is 0 Å². The number of rotatable bonds is 3. The summed E-state index contributed by atoms with van der Waals surface area (Å²) in [6.45, 7) is 5.59. The van der Waals surface area contributed by atoms with Gasteiger partial charge in [0.2, 0.25) is 5.91 Å². The summed E-state index contributed by atoms with van der Waals surface area (Å²) in [5.74, 6) is 1.64. The quantitative estimate of drug-likeness (QED) is 0.609. The van der Waals surface area contributed by atoms with Crippen molar-refractivity contribution in [2.75, 3.05) is 64.6 Å². The normalized spacial score (nSPS) is 20.6. The molecule has 0 aromatic heterocycles. The highest BCUT2D eigenvalue weighted by atomic mass is 16.5. The maximum Gasteiger partial charge on any atom is 0.257 e. The van der Waals surface area contributed by atoms with Gasteiger partial charge in [-0.15, -0.1) is 0 Å². The zero-order chi connectivity index (χ0) is 27.8. The van der Waals surface area contributed by atoms with E-state index in [4.69, 9.17) is 14.2 Å². The minimum atomic E-state index is 0.00626. The molecular formula is C32H43N3O5. The molecule has 2 aromatic carbocycles. The first kappa shape index (κ1) is 28.3. The average Bonchev–Trinajstić information content (AvgIpc) is 3.01. The van der Waals surface area contributed by atoms with E-state index >= 15 is 0 Å². The van der Waals surface area contributed by atoms with Crippen LogP contribution in [0.4, 0.5) is 5.69 Å². The van der Waals surface area contributed by atoms with Crippen LogP contribution in [0.1, 0.15) is 60.9 Å². The number of piperidine rings is 1. The fraction of sp³-hybridized carbons (Fsp3) is 0.562. The highest BCUT2D eigenvalue weighted by Gasteiger charge is 2.36. The number of methoxy groups -OCH3 is 1. The predicted molar refractivity (Wildman–Crippen MR) is 155 cm³/mol. The Balaban J connectivity index is 1.25. The molecule has 40 heavy (non-hydrogen) atoms. The average molecular weight is 550 g/mol. The number of morpholine rings is 1. The Hall–Kier alpha value is -3.26. The van der Waals surface area contributed by atoms with Gasteiger partial charge in [0.25, 0.3) is 5.91 Å². The van der Waals surface area contributed by atoms with Gasteiger partial charge in [0.1, 0.15) is 11.5 Å². The lowest BCUT2D eigenvalue weighted by atomic mass is 9.74. The van der Waals surface area contributed by atoms with E-state index in [-0.39, 0.29) is 17.2 Å². The van der Waals surface area contributed by atoms with E-state index < -0.39 is 0 Å². The number of likely N-dealkylation sites (tertiary alicyclic amines) is 1. The van der Waals surface area contributed by atoms with Crippen molar-refractivity contribution < 1.29 is 23.8 Å². The number of hydrogen-bond donors (Lipinski definition) is 1. The molecule has 3 aliphatic rings. The molecule has 8 heteroatoms. The highest BCUT2D eigenvalue weighted by molar-refractivity contribution is 5.98. The van der Waals surface area contributed by atoms with Crippen LogP contribution in [-0.4, -0.2) is 76.4 Å². The lowest BCUT2D eigenvalue weighted by molar-refractivity contribution is -0.122. The van der Waals surface area contributed by atoms with Crippen LogP contribution in [0.5, 0.6) is 11.5 Å². The molecule has 2 saturated heterocycles. The van der Waals surface area contributed by atoms with Crippen LogP contribution in [0.15, 0.2) is 42.5 Å². The summed E-state index contributed by atoms with van der Waals surface area (Å²) in [7, 11) is 1.62. The smallest absolute Gasteiger partial charge is 0.257 e. The Labute approximate surface area is 238 Å². The van der Waals surface area contributed by atoms with E-state index in [2.05, 4.69) is 22.3 Å². The molecule has 2 aromatic rings. The molecule has 1 spiro atoms.